The van der Waals surface area contributed by atoms with Crippen molar-refractivity contribution in [3.63, 3.8) is 0 Å². The molecule has 0 bridgehead atoms. The van der Waals surface area contributed by atoms with Gasteiger partial charge in [-0.15, -0.1) is 0 Å². The molecule has 0 radical (unpaired) electrons. The number of hydrogen-bond donors (Lipinski definition) is 1. The third kappa shape index (κ3) is 2.73. The van der Waals surface area contributed by atoms with Gasteiger partial charge >= 0.3 is 0 Å². The fourth-order valence-corrected chi connectivity index (χ4v) is 7.45. The normalized spacial score (nSPS) is 40.0. The van der Waals surface area contributed by atoms with E-state index in [9.17, 15) is 18.4 Å². The number of halogens is 2. The first kappa shape index (κ1) is 19.9. The topological polar surface area (TPSA) is 46.2 Å². The molecule has 0 amide bonds. The second kappa shape index (κ2) is 6.73. The molecule has 0 aromatic heterocycles. The minimum absolute atomic E-state index is 0.00329. The van der Waals surface area contributed by atoms with Crippen LogP contribution in [-0.2, 0) is 4.79 Å². The van der Waals surface area contributed by atoms with Gasteiger partial charge in [-0.1, -0.05) is 13.8 Å². The molecule has 0 spiro atoms. The van der Waals surface area contributed by atoms with E-state index in [2.05, 4.69) is 19.2 Å². The first-order chi connectivity index (χ1) is 14.2. The van der Waals surface area contributed by atoms with Gasteiger partial charge in [0.1, 0.15) is 11.6 Å². The van der Waals surface area contributed by atoms with Crippen LogP contribution in [0.3, 0.4) is 0 Å². The zero-order chi connectivity index (χ0) is 21.3. The van der Waals surface area contributed by atoms with Gasteiger partial charge in [-0.3, -0.25) is 9.59 Å². The lowest BCUT2D eigenvalue weighted by molar-refractivity contribution is -0.117. The van der Waals surface area contributed by atoms with Crippen molar-refractivity contribution >= 4 is 11.6 Å². The van der Waals surface area contributed by atoms with E-state index in [4.69, 9.17) is 0 Å². The van der Waals surface area contributed by atoms with Crippen LogP contribution < -0.4 is 5.32 Å². The number of allylic oxidation sites excluding steroid dienone is 2. The van der Waals surface area contributed by atoms with Crippen molar-refractivity contribution in [3.8, 4) is 0 Å². The molecule has 5 heteroatoms. The van der Waals surface area contributed by atoms with Crippen molar-refractivity contribution in [2.24, 2.45) is 34.5 Å². The Labute approximate surface area is 176 Å². The van der Waals surface area contributed by atoms with Crippen molar-refractivity contribution in [2.75, 3.05) is 6.54 Å². The predicted molar refractivity (Wildman–Crippen MR) is 110 cm³/mol. The molecule has 160 valence electrons. The van der Waals surface area contributed by atoms with Crippen molar-refractivity contribution in [3.05, 3.63) is 47.2 Å². The highest BCUT2D eigenvalue weighted by atomic mass is 19.1. The van der Waals surface area contributed by atoms with Crippen LogP contribution in [-0.4, -0.2) is 18.1 Å². The van der Waals surface area contributed by atoms with Crippen LogP contribution in [0.4, 0.5) is 8.78 Å². The minimum Gasteiger partial charge on any atom is -0.387 e. The van der Waals surface area contributed by atoms with E-state index < -0.39 is 11.6 Å². The molecule has 1 N–H and O–H groups in total. The van der Waals surface area contributed by atoms with Gasteiger partial charge < -0.3 is 5.32 Å². The summed E-state index contributed by atoms with van der Waals surface area (Å²) in [7, 11) is 0. The second-order valence-electron chi connectivity index (χ2n) is 10.4. The molecular formula is C25H29F2NO2. The van der Waals surface area contributed by atoms with E-state index in [0.29, 0.717) is 24.2 Å². The lowest BCUT2D eigenvalue weighted by atomic mass is 9.49. The van der Waals surface area contributed by atoms with Gasteiger partial charge in [-0.2, -0.15) is 0 Å². The summed E-state index contributed by atoms with van der Waals surface area (Å²) in [5.74, 6) is -0.233. The lowest BCUT2D eigenvalue weighted by Crippen LogP contribution is -2.57. The molecule has 1 aromatic carbocycles. The molecule has 30 heavy (non-hydrogen) atoms. The van der Waals surface area contributed by atoms with Gasteiger partial charge in [-0.25, -0.2) is 8.78 Å². The number of carbonyl (C=O) groups excluding carboxylic acids is 2. The summed E-state index contributed by atoms with van der Waals surface area (Å²) in [6.07, 6.45) is 7.00. The average Bonchev–Trinajstić information content (AvgIpc) is 3.05. The molecule has 5 rings (SSSR count). The lowest BCUT2D eigenvalue weighted by Gasteiger charge is -2.58. The van der Waals surface area contributed by atoms with Crippen LogP contribution in [0.15, 0.2) is 30.0 Å². The Morgan fingerprint density at radius 2 is 1.90 bits per heavy atom. The van der Waals surface area contributed by atoms with E-state index in [0.717, 1.165) is 50.4 Å². The zero-order valence-corrected chi connectivity index (χ0v) is 17.6. The monoisotopic (exact) mass is 413 g/mol. The summed E-state index contributed by atoms with van der Waals surface area (Å²) in [6.45, 7) is 5.34. The molecule has 2 saturated carbocycles. The quantitative estimate of drug-likeness (QED) is 0.689. The highest BCUT2D eigenvalue weighted by molar-refractivity contribution is 5.98. The predicted octanol–water partition coefficient (Wildman–Crippen LogP) is 5.06. The third-order valence-corrected chi connectivity index (χ3v) is 9.11. The van der Waals surface area contributed by atoms with Gasteiger partial charge in [0.05, 0.1) is 5.56 Å². The van der Waals surface area contributed by atoms with Crippen molar-refractivity contribution in [1.82, 2.24) is 5.32 Å². The number of Topliss-reactive ketones (excluding diaryl/α,β-unsaturated/α-hetero) is 1. The van der Waals surface area contributed by atoms with Crippen molar-refractivity contribution in [2.45, 2.75) is 52.4 Å². The molecule has 6 atom stereocenters. The summed E-state index contributed by atoms with van der Waals surface area (Å²) in [4.78, 5) is 25.2. The van der Waals surface area contributed by atoms with Gasteiger partial charge in [-0.05, 0) is 67.4 Å². The minimum atomic E-state index is -0.755. The van der Waals surface area contributed by atoms with E-state index in [1.807, 2.05) is 6.08 Å². The fourth-order valence-electron chi connectivity index (χ4n) is 7.45. The molecule has 1 aromatic rings. The molecular weight excluding hydrogens is 384 g/mol. The van der Waals surface area contributed by atoms with Crippen LogP contribution in [0, 0.1) is 46.1 Å². The van der Waals surface area contributed by atoms with Crippen LogP contribution in [0.2, 0.25) is 0 Å². The molecule has 1 heterocycles. The molecule has 4 aliphatic rings. The van der Waals surface area contributed by atoms with E-state index in [1.54, 1.807) is 0 Å². The number of carbonyl (C=O) groups is 2. The molecule has 3 fully saturated rings. The average molecular weight is 414 g/mol. The summed E-state index contributed by atoms with van der Waals surface area (Å²) >= 11 is 0. The highest BCUT2D eigenvalue weighted by Crippen LogP contribution is 2.64. The smallest absolute Gasteiger partial charge is 0.169 e. The molecule has 1 saturated heterocycles. The Morgan fingerprint density at radius 3 is 2.67 bits per heavy atom. The highest BCUT2D eigenvalue weighted by Gasteiger charge is 2.60. The maximum Gasteiger partial charge on any atom is 0.169 e. The SMILES string of the molecule is C[C@]12CC[C@H]3[C@@H](CNC4=CC(=O)CC[C@@]43C)[C@@H]1CC[C@@H]2C(=O)c1ccc(F)cc1F. The molecule has 3 nitrogen and oxygen atoms in total. The maximum atomic E-state index is 14.3. The molecule has 1 aliphatic heterocycles. The first-order valence-electron chi connectivity index (χ1n) is 11.2. The Bertz CT molecular complexity index is 956. The Balaban J connectivity index is 1.44. The standard InChI is InChI=1S/C25H29F2NO2/c1-24-10-8-19-17(13-28-22-12-15(29)7-9-25(19,22)2)18(24)5-6-20(24)23(30)16-4-3-14(26)11-21(16)27/h3-4,11-12,17-20,28H,5-10,13H2,1-2H3/t17-,18-,19-,20+,24-,25+/m0/s1. The number of hydrogen-bond acceptors (Lipinski definition) is 3. The molecule has 0 unspecified atom stereocenters. The number of ketones is 2. The van der Waals surface area contributed by atoms with Crippen LogP contribution in [0.25, 0.3) is 0 Å². The van der Waals surface area contributed by atoms with Gasteiger partial charge in [0, 0.05) is 42.1 Å². The Hall–Kier alpha value is -2.04. The number of benzene rings is 1. The fraction of sp³-hybridized carbons (Fsp3) is 0.600. The number of piperidine rings is 1. The van der Waals surface area contributed by atoms with Gasteiger partial charge in [0.25, 0.3) is 0 Å². The van der Waals surface area contributed by atoms with Gasteiger partial charge in [0.2, 0.25) is 0 Å². The van der Waals surface area contributed by atoms with E-state index in [-0.39, 0.29) is 33.9 Å². The largest absolute Gasteiger partial charge is 0.387 e. The second-order valence-corrected chi connectivity index (χ2v) is 10.4. The summed E-state index contributed by atoms with van der Waals surface area (Å²) in [5.41, 5.74) is 0.962. The number of rotatable bonds is 2. The van der Waals surface area contributed by atoms with Crippen LogP contribution in [0.5, 0.6) is 0 Å². The summed E-state index contributed by atoms with van der Waals surface area (Å²) < 4.78 is 27.7. The maximum absolute atomic E-state index is 14.3. The van der Waals surface area contributed by atoms with Crippen molar-refractivity contribution < 1.29 is 18.4 Å². The van der Waals surface area contributed by atoms with E-state index in [1.165, 1.54) is 12.1 Å². The van der Waals surface area contributed by atoms with Gasteiger partial charge in [0.15, 0.2) is 11.6 Å². The molecule has 3 aliphatic carbocycles. The summed E-state index contributed by atoms with van der Waals surface area (Å²) in [6, 6.07) is 3.28. The number of nitrogens with one attached hydrogen (secondary N) is 1. The Kier molecular flexibility index (Phi) is 4.46. The third-order valence-electron chi connectivity index (χ3n) is 9.11. The van der Waals surface area contributed by atoms with Crippen LogP contribution >= 0.6 is 0 Å². The van der Waals surface area contributed by atoms with E-state index >= 15 is 0 Å². The van der Waals surface area contributed by atoms with Crippen LogP contribution in [0.1, 0.15) is 62.7 Å². The zero-order valence-electron chi connectivity index (χ0n) is 17.6. The first-order valence-corrected chi connectivity index (χ1v) is 11.2. The summed E-state index contributed by atoms with van der Waals surface area (Å²) in [5, 5.41) is 3.57. The Morgan fingerprint density at radius 1 is 1.10 bits per heavy atom. The number of fused-ring (bicyclic) bond motifs is 5. The van der Waals surface area contributed by atoms with Crippen molar-refractivity contribution in [1.29, 1.82) is 0 Å².